The van der Waals surface area contributed by atoms with Gasteiger partial charge in [0.15, 0.2) is 0 Å². The molecule has 2 bridgehead atoms. The third-order valence-corrected chi connectivity index (χ3v) is 9.07. The molecule has 4 aliphatic carbocycles. The number of esters is 1. The number of aliphatic hydroxyl groups excluding tert-OH is 2. The monoisotopic (exact) mass is 362 g/mol. The largest absolute Gasteiger partial charge is 0.465 e. The standard InChI is InChI=1S/C22H34O4/c1-13-10-22-11-15(13)5-6-16(22)20(3)8-7-18(24)21(4,12-26-14(2)23)17(20)9-19(22)25/h15-19,24-25H,1,5-12H2,2-4H3/t15?,16-,17-,18+,19-,20-,21+,22-/m0/s1. The van der Waals surface area contributed by atoms with Gasteiger partial charge in [-0.2, -0.15) is 0 Å². The molecule has 0 aliphatic heterocycles. The summed E-state index contributed by atoms with van der Waals surface area (Å²) in [4.78, 5) is 11.4. The van der Waals surface area contributed by atoms with Crippen molar-refractivity contribution in [2.45, 2.75) is 77.9 Å². The van der Waals surface area contributed by atoms with Crippen LogP contribution in [0.2, 0.25) is 0 Å². The van der Waals surface area contributed by atoms with Crippen molar-refractivity contribution in [1.82, 2.24) is 0 Å². The van der Waals surface area contributed by atoms with E-state index in [1.54, 1.807) is 0 Å². The van der Waals surface area contributed by atoms with Gasteiger partial charge in [-0.15, -0.1) is 0 Å². The molecule has 146 valence electrons. The van der Waals surface area contributed by atoms with Gasteiger partial charge in [0.2, 0.25) is 0 Å². The zero-order valence-electron chi connectivity index (χ0n) is 16.5. The van der Waals surface area contributed by atoms with Crippen molar-refractivity contribution in [2.24, 2.45) is 34.0 Å². The average Bonchev–Trinajstić information content (AvgIpc) is 2.83. The fourth-order valence-corrected chi connectivity index (χ4v) is 7.75. The summed E-state index contributed by atoms with van der Waals surface area (Å²) in [7, 11) is 0. The van der Waals surface area contributed by atoms with Crippen molar-refractivity contribution in [2.75, 3.05) is 6.61 Å². The highest BCUT2D eigenvalue weighted by atomic mass is 16.5. The van der Waals surface area contributed by atoms with Gasteiger partial charge in [-0.3, -0.25) is 4.79 Å². The highest BCUT2D eigenvalue weighted by Gasteiger charge is 2.68. The maximum Gasteiger partial charge on any atom is 0.302 e. The molecule has 0 heterocycles. The second-order valence-electron chi connectivity index (χ2n) is 10.2. The topological polar surface area (TPSA) is 66.8 Å². The lowest BCUT2D eigenvalue weighted by Gasteiger charge is -2.66. The van der Waals surface area contributed by atoms with Crippen LogP contribution in [-0.4, -0.2) is 35.0 Å². The van der Waals surface area contributed by atoms with Gasteiger partial charge in [0.25, 0.3) is 0 Å². The van der Waals surface area contributed by atoms with E-state index in [-0.39, 0.29) is 35.4 Å². The molecular weight excluding hydrogens is 328 g/mol. The second kappa shape index (κ2) is 5.81. The van der Waals surface area contributed by atoms with Gasteiger partial charge in [0.1, 0.15) is 0 Å². The summed E-state index contributed by atoms with van der Waals surface area (Å²) in [6, 6.07) is 0. The number of rotatable bonds is 2. The number of carbonyl (C=O) groups is 1. The van der Waals surface area contributed by atoms with Crippen LogP contribution >= 0.6 is 0 Å². The minimum Gasteiger partial charge on any atom is -0.465 e. The maximum absolute atomic E-state index is 11.4. The normalized spacial score (nSPS) is 53.0. The summed E-state index contributed by atoms with van der Waals surface area (Å²) in [5.74, 6) is 0.909. The van der Waals surface area contributed by atoms with Gasteiger partial charge >= 0.3 is 5.97 Å². The molecule has 4 nitrogen and oxygen atoms in total. The fourth-order valence-electron chi connectivity index (χ4n) is 7.75. The smallest absolute Gasteiger partial charge is 0.302 e. The van der Waals surface area contributed by atoms with E-state index in [9.17, 15) is 15.0 Å². The quantitative estimate of drug-likeness (QED) is 0.583. The molecule has 1 unspecified atom stereocenters. The van der Waals surface area contributed by atoms with Gasteiger partial charge in [0.05, 0.1) is 18.8 Å². The Labute approximate surface area is 157 Å². The molecule has 0 aromatic rings. The molecule has 0 aromatic heterocycles. The molecule has 4 rings (SSSR count). The molecule has 0 aromatic carbocycles. The maximum atomic E-state index is 11.4. The molecule has 4 fully saturated rings. The number of ether oxygens (including phenoxy) is 1. The summed E-state index contributed by atoms with van der Waals surface area (Å²) >= 11 is 0. The van der Waals surface area contributed by atoms with Crippen LogP contribution in [0.5, 0.6) is 0 Å². The van der Waals surface area contributed by atoms with Gasteiger partial charge in [-0.1, -0.05) is 26.0 Å². The summed E-state index contributed by atoms with van der Waals surface area (Å²) in [6.45, 7) is 10.4. The molecule has 1 spiro atoms. The van der Waals surface area contributed by atoms with Crippen molar-refractivity contribution < 1.29 is 19.7 Å². The predicted molar refractivity (Wildman–Crippen MR) is 99.2 cm³/mol. The van der Waals surface area contributed by atoms with Crippen LogP contribution in [0.3, 0.4) is 0 Å². The fraction of sp³-hybridized carbons (Fsp3) is 0.864. The first-order chi connectivity index (χ1) is 12.1. The van der Waals surface area contributed by atoms with E-state index in [0.717, 1.165) is 32.1 Å². The minimum absolute atomic E-state index is 0.0180. The average molecular weight is 363 g/mol. The van der Waals surface area contributed by atoms with Crippen molar-refractivity contribution in [3.8, 4) is 0 Å². The summed E-state index contributed by atoms with van der Waals surface area (Å²) in [5, 5.41) is 22.2. The molecule has 0 saturated heterocycles. The second-order valence-corrected chi connectivity index (χ2v) is 10.2. The van der Waals surface area contributed by atoms with E-state index in [2.05, 4.69) is 20.4 Å². The minimum atomic E-state index is -0.492. The first-order valence-corrected chi connectivity index (χ1v) is 10.3. The van der Waals surface area contributed by atoms with Crippen molar-refractivity contribution in [1.29, 1.82) is 0 Å². The lowest BCUT2D eigenvalue weighted by molar-refractivity contribution is -0.232. The first-order valence-electron chi connectivity index (χ1n) is 10.3. The van der Waals surface area contributed by atoms with Gasteiger partial charge in [-0.25, -0.2) is 0 Å². The zero-order chi connectivity index (χ0) is 18.9. The van der Waals surface area contributed by atoms with E-state index < -0.39 is 11.5 Å². The Morgan fingerprint density at radius 1 is 1.19 bits per heavy atom. The summed E-state index contributed by atoms with van der Waals surface area (Å²) < 4.78 is 5.40. The van der Waals surface area contributed by atoms with Gasteiger partial charge in [-0.05, 0) is 68.1 Å². The Hall–Kier alpha value is -0.870. The van der Waals surface area contributed by atoms with Gasteiger partial charge < -0.3 is 14.9 Å². The van der Waals surface area contributed by atoms with Crippen molar-refractivity contribution >= 4 is 5.97 Å². The van der Waals surface area contributed by atoms with Crippen molar-refractivity contribution in [3.63, 3.8) is 0 Å². The van der Waals surface area contributed by atoms with E-state index in [0.29, 0.717) is 18.3 Å². The van der Waals surface area contributed by atoms with E-state index in [1.165, 1.54) is 18.9 Å². The third-order valence-electron chi connectivity index (χ3n) is 9.07. The number of allylic oxidation sites excluding steroid dienone is 1. The number of fused-ring (bicyclic) bond motifs is 3. The number of carbonyl (C=O) groups excluding carboxylic acids is 1. The third kappa shape index (κ3) is 2.30. The Morgan fingerprint density at radius 2 is 1.92 bits per heavy atom. The molecule has 0 amide bonds. The van der Waals surface area contributed by atoms with E-state index in [4.69, 9.17) is 4.74 Å². The van der Waals surface area contributed by atoms with E-state index >= 15 is 0 Å². The number of hydrogen-bond acceptors (Lipinski definition) is 4. The number of hydrogen-bond donors (Lipinski definition) is 2. The van der Waals surface area contributed by atoms with Crippen LogP contribution in [0.25, 0.3) is 0 Å². The molecule has 2 N–H and O–H groups in total. The molecule has 26 heavy (non-hydrogen) atoms. The van der Waals surface area contributed by atoms with Crippen molar-refractivity contribution in [3.05, 3.63) is 12.2 Å². The summed E-state index contributed by atoms with van der Waals surface area (Å²) in [5.41, 5.74) is 0.902. The summed E-state index contributed by atoms with van der Waals surface area (Å²) in [6.07, 6.45) is 5.98. The van der Waals surface area contributed by atoms with Gasteiger partial charge in [0, 0.05) is 17.8 Å². The zero-order valence-corrected chi connectivity index (χ0v) is 16.5. The van der Waals surface area contributed by atoms with Crippen LogP contribution in [0.4, 0.5) is 0 Å². The Balaban J connectivity index is 1.72. The molecule has 4 heteroatoms. The SMILES string of the molecule is C=C1C[C@]23CC1CC[C@H]2[C@]1(C)CC[C@@H](O)[C@](C)(COC(C)=O)[C@H]1C[C@@H]3O. The van der Waals surface area contributed by atoms with Crippen LogP contribution < -0.4 is 0 Å². The molecule has 4 aliphatic rings. The highest BCUT2D eigenvalue weighted by Crippen LogP contribution is 2.72. The van der Waals surface area contributed by atoms with E-state index in [1.807, 2.05) is 0 Å². The molecule has 8 atom stereocenters. The van der Waals surface area contributed by atoms with Crippen LogP contribution in [-0.2, 0) is 9.53 Å². The Morgan fingerprint density at radius 3 is 2.62 bits per heavy atom. The Bertz CT molecular complexity index is 630. The van der Waals surface area contributed by atoms with Crippen LogP contribution in [0, 0.1) is 34.0 Å². The first kappa shape index (κ1) is 18.5. The molecule has 0 radical (unpaired) electrons. The Kier molecular flexibility index (Phi) is 4.13. The number of aliphatic hydroxyl groups is 2. The molecular formula is C22H34O4. The van der Waals surface area contributed by atoms with Crippen LogP contribution in [0.1, 0.15) is 65.7 Å². The lowest BCUT2D eigenvalue weighted by atomic mass is 9.40. The predicted octanol–water partition coefficient (Wildman–Crippen LogP) is 3.46. The highest BCUT2D eigenvalue weighted by molar-refractivity contribution is 5.65. The van der Waals surface area contributed by atoms with Crippen LogP contribution in [0.15, 0.2) is 12.2 Å². The molecule has 4 saturated carbocycles. The lowest BCUT2D eigenvalue weighted by Crippen LogP contribution is -2.65.